The van der Waals surface area contributed by atoms with Crippen LogP contribution < -0.4 is 16.8 Å². The second-order valence-corrected chi connectivity index (χ2v) is 5.88. The van der Waals surface area contributed by atoms with Crippen LogP contribution in [0.2, 0.25) is 0 Å². The molecule has 0 aliphatic carbocycles. The summed E-state index contributed by atoms with van der Waals surface area (Å²) >= 11 is 0. The zero-order chi connectivity index (χ0) is 17.5. The summed E-state index contributed by atoms with van der Waals surface area (Å²) in [5, 5.41) is 2.73. The number of ether oxygens (including phenoxy) is 1. The van der Waals surface area contributed by atoms with Crippen LogP contribution in [0.1, 0.15) is 13.3 Å². The Labute approximate surface area is 132 Å². The lowest BCUT2D eigenvalue weighted by Crippen LogP contribution is -2.34. The van der Waals surface area contributed by atoms with E-state index in [2.05, 4.69) is 26.4 Å². The van der Waals surface area contributed by atoms with Crippen molar-refractivity contribution in [3.8, 4) is 0 Å². The average molecular weight is 346 g/mol. The summed E-state index contributed by atoms with van der Waals surface area (Å²) < 4.78 is 20.8. The highest BCUT2D eigenvalue weighted by atomic mass is 31.2. The largest absolute Gasteiger partial charge is 0.487 e. The molecule has 128 valence electrons. The summed E-state index contributed by atoms with van der Waals surface area (Å²) in [6.45, 7) is 5.32. The molecule has 1 aliphatic rings. The molecule has 0 saturated heterocycles. The Morgan fingerprint density at radius 2 is 2.30 bits per heavy atom. The Morgan fingerprint density at radius 3 is 2.91 bits per heavy atom. The Balaban J connectivity index is 2.56. The van der Waals surface area contributed by atoms with Crippen LogP contribution >= 0.6 is 7.75 Å². The van der Waals surface area contributed by atoms with Gasteiger partial charge in [0.25, 0.3) is 0 Å². The maximum atomic E-state index is 10.9. The zero-order valence-corrected chi connectivity index (χ0v) is 13.4. The molecule has 1 rings (SSSR count). The van der Waals surface area contributed by atoms with Crippen molar-refractivity contribution in [2.75, 3.05) is 13.2 Å². The number of hydrogen-bond acceptors (Lipinski definition) is 8. The SMILES string of the molecule is C=C1NC(N)=NC(CCOC(C)COP(=O)(O)N=O)=C1/N=C\N. The molecule has 0 fully saturated rings. The minimum absolute atomic E-state index is 0.177. The van der Waals surface area contributed by atoms with Gasteiger partial charge in [0.15, 0.2) is 5.96 Å². The monoisotopic (exact) mass is 346 g/mol. The Bertz CT molecular complexity index is 602. The lowest BCUT2D eigenvalue weighted by Gasteiger charge is -2.19. The van der Waals surface area contributed by atoms with Crippen molar-refractivity contribution >= 4 is 20.0 Å². The van der Waals surface area contributed by atoms with E-state index in [4.69, 9.17) is 21.1 Å². The van der Waals surface area contributed by atoms with E-state index in [9.17, 15) is 9.47 Å². The molecule has 0 spiro atoms. The Morgan fingerprint density at radius 1 is 1.61 bits per heavy atom. The van der Waals surface area contributed by atoms with Gasteiger partial charge in [-0.05, 0) is 6.92 Å². The topological polar surface area (TPSA) is 174 Å². The van der Waals surface area contributed by atoms with Gasteiger partial charge in [-0.15, -0.1) is 4.91 Å². The first-order chi connectivity index (χ1) is 10.8. The highest BCUT2D eigenvalue weighted by Crippen LogP contribution is 2.42. The Kier molecular flexibility index (Phi) is 7.04. The molecule has 1 heterocycles. The number of hydrogen-bond donors (Lipinski definition) is 4. The van der Waals surface area contributed by atoms with Crippen molar-refractivity contribution in [2.45, 2.75) is 19.4 Å². The summed E-state index contributed by atoms with van der Waals surface area (Å²) in [6, 6.07) is 0. The number of nitroso groups, excluding NO2 is 1. The molecule has 2 unspecified atom stereocenters. The van der Waals surface area contributed by atoms with Gasteiger partial charge in [0, 0.05) is 11.4 Å². The zero-order valence-electron chi connectivity index (χ0n) is 12.5. The van der Waals surface area contributed by atoms with Gasteiger partial charge in [-0.3, -0.25) is 4.52 Å². The van der Waals surface area contributed by atoms with E-state index in [1.165, 1.54) is 0 Å². The third-order valence-electron chi connectivity index (χ3n) is 2.62. The lowest BCUT2D eigenvalue weighted by molar-refractivity contribution is 0.0308. The van der Waals surface area contributed by atoms with E-state index in [1.807, 2.05) is 4.95 Å². The van der Waals surface area contributed by atoms with Crippen molar-refractivity contribution in [1.82, 2.24) is 5.32 Å². The third kappa shape index (κ3) is 6.28. The van der Waals surface area contributed by atoms with E-state index in [0.29, 0.717) is 23.5 Å². The molecule has 0 saturated carbocycles. The van der Waals surface area contributed by atoms with E-state index in [1.54, 1.807) is 6.92 Å². The fraction of sp³-hybridized carbons (Fsp3) is 0.455. The van der Waals surface area contributed by atoms with Gasteiger partial charge in [-0.1, -0.05) is 6.58 Å². The van der Waals surface area contributed by atoms with Crippen molar-refractivity contribution in [1.29, 1.82) is 0 Å². The minimum Gasteiger partial charge on any atom is -0.390 e. The number of nitrogens with two attached hydrogens (primary N) is 2. The normalized spacial score (nSPS) is 19.2. The van der Waals surface area contributed by atoms with Crippen LogP contribution in [-0.2, 0) is 13.8 Å². The number of aliphatic imine (C=N–C) groups is 2. The molecule has 0 radical (unpaired) electrons. The predicted molar refractivity (Wildman–Crippen MR) is 85.2 cm³/mol. The van der Waals surface area contributed by atoms with E-state index in [0.717, 1.165) is 6.34 Å². The molecule has 0 amide bonds. The van der Waals surface area contributed by atoms with Gasteiger partial charge in [0.1, 0.15) is 5.70 Å². The van der Waals surface area contributed by atoms with Crippen LogP contribution in [0.25, 0.3) is 0 Å². The van der Waals surface area contributed by atoms with Crippen molar-refractivity contribution in [3.05, 3.63) is 28.6 Å². The highest BCUT2D eigenvalue weighted by Gasteiger charge is 2.21. The van der Waals surface area contributed by atoms with Gasteiger partial charge < -0.3 is 26.4 Å². The predicted octanol–water partition coefficient (Wildman–Crippen LogP) is 0.295. The smallest absolute Gasteiger partial charge is 0.390 e. The summed E-state index contributed by atoms with van der Waals surface area (Å²) in [7, 11) is -4.43. The number of guanidine groups is 1. The first-order valence-corrected chi connectivity index (χ1v) is 8.03. The van der Waals surface area contributed by atoms with Gasteiger partial charge in [0.05, 0.1) is 37.1 Å². The molecule has 11 nitrogen and oxygen atoms in total. The molecule has 0 bridgehead atoms. The van der Waals surface area contributed by atoms with Crippen molar-refractivity contribution < 1.29 is 18.7 Å². The van der Waals surface area contributed by atoms with Crippen LogP contribution in [0.3, 0.4) is 0 Å². The lowest BCUT2D eigenvalue weighted by atomic mass is 10.2. The fourth-order valence-electron chi connectivity index (χ4n) is 1.65. The van der Waals surface area contributed by atoms with Gasteiger partial charge in [0.2, 0.25) is 0 Å². The molecule has 2 atom stereocenters. The molecule has 1 aliphatic heterocycles. The summed E-state index contributed by atoms with van der Waals surface area (Å²) in [5.74, 6) is 0.177. The number of nitrogens with zero attached hydrogens (tertiary/aromatic N) is 3. The van der Waals surface area contributed by atoms with Crippen molar-refractivity contribution in [2.24, 2.45) is 26.4 Å². The molecular weight excluding hydrogens is 327 g/mol. The van der Waals surface area contributed by atoms with Gasteiger partial charge >= 0.3 is 7.75 Å². The first kappa shape index (κ1) is 19.0. The standard InChI is InChI=1S/C11H19N6O5P/c1-7(5-22-23(19,20)17-18)21-4-3-9-10(14-6-12)8(2)15-11(13)16-9/h6-7H,2-5H2,1H3,(H2,12,14)(H,19,20)(H3,13,15,16). The molecule has 12 heteroatoms. The number of nitrogens with one attached hydrogen (secondary N) is 1. The van der Waals surface area contributed by atoms with E-state index in [-0.39, 0.29) is 19.2 Å². The first-order valence-electron chi connectivity index (χ1n) is 6.50. The van der Waals surface area contributed by atoms with Gasteiger partial charge in [-0.25, -0.2) is 14.5 Å². The van der Waals surface area contributed by atoms with Crippen molar-refractivity contribution in [3.63, 3.8) is 0 Å². The highest BCUT2D eigenvalue weighted by molar-refractivity contribution is 7.51. The number of rotatable bonds is 9. The molecule has 0 aromatic carbocycles. The van der Waals surface area contributed by atoms with Crippen LogP contribution in [0.15, 0.2) is 38.6 Å². The minimum atomic E-state index is -4.43. The van der Waals surface area contributed by atoms with E-state index >= 15 is 0 Å². The van der Waals surface area contributed by atoms with Crippen LogP contribution in [-0.4, -0.2) is 36.5 Å². The average Bonchev–Trinajstić information content (AvgIpc) is 2.48. The summed E-state index contributed by atoms with van der Waals surface area (Å²) in [4.78, 5) is 29.0. The fourth-order valence-corrected chi connectivity index (χ4v) is 2.10. The van der Waals surface area contributed by atoms with Gasteiger partial charge in [-0.2, -0.15) is 0 Å². The molecule has 6 N–H and O–H groups in total. The van der Waals surface area contributed by atoms with E-state index < -0.39 is 13.9 Å². The van der Waals surface area contributed by atoms with Crippen LogP contribution in [0.4, 0.5) is 0 Å². The summed E-state index contributed by atoms with van der Waals surface area (Å²) in [5.41, 5.74) is 12.3. The second kappa shape index (κ2) is 8.53. The molecule has 23 heavy (non-hydrogen) atoms. The van der Waals surface area contributed by atoms with Crippen LogP contribution in [0.5, 0.6) is 0 Å². The quantitative estimate of drug-likeness (QED) is 0.199. The summed E-state index contributed by atoms with van der Waals surface area (Å²) in [6.07, 6.45) is 0.925. The molecular formula is C11H19N6O5P. The Hall–Kier alpha value is -2.07. The molecule has 0 aromatic heterocycles. The maximum absolute atomic E-state index is 10.9. The second-order valence-electron chi connectivity index (χ2n) is 4.47. The third-order valence-corrected chi connectivity index (χ3v) is 3.31. The maximum Gasteiger partial charge on any atom is 0.487 e. The molecule has 0 aromatic rings. The van der Waals surface area contributed by atoms with Crippen LogP contribution in [0, 0.1) is 4.91 Å².